The molecule has 0 radical (unpaired) electrons. The van der Waals surface area contributed by atoms with E-state index in [0.29, 0.717) is 16.0 Å². The molecule has 1 aromatic carbocycles. The minimum Gasteiger partial charge on any atom is -0.348 e. The number of nitrogens with one attached hydrogen (secondary N) is 1. The Bertz CT molecular complexity index is 799. The molecule has 6 heteroatoms. The van der Waals surface area contributed by atoms with Crippen LogP contribution < -0.4 is 0 Å². The molecule has 0 aliphatic heterocycles. The van der Waals surface area contributed by atoms with Crippen molar-refractivity contribution in [1.29, 1.82) is 0 Å². The largest absolute Gasteiger partial charge is 0.348 e. The molecule has 0 fully saturated rings. The van der Waals surface area contributed by atoms with Crippen molar-refractivity contribution in [1.82, 2.24) is 15.0 Å². The lowest BCUT2D eigenvalue weighted by Gasteiger charge is -2.21. The summed E-state index contributed by atoms with van der Waals surface area (Å²) in [5, 5.41) is 1.26. The zero-order chi connectivity index (χ0) is 17.1. The van der Waals surface area contributed by atoms with Gasteiger partial charge in [-0.1, -0.05) is 48.8 Å². The van der Waals surface area contributed by atoms with Crippen LogP contribution in [0.1, 0.15) is 31.2 Å². The molecule has 1 unspecified atom stereocenters. The molecule has 0 saturated heterocycles. The van der Waals surface area contributed by atoms with E-state index < -0.39 is 0 Å². The second-order valence-electron chi connectivity index (χ2n) is 5.82. The van der Waals surface area contributed by atoms with Gasteiger partial charge < -0.3 is 4.98 Å². The summed E-state index contributed by atoms with van der Waals surface area (Å²) in [5.41, 5.74) is 1.14. The number of rotatable bonds is 5. The molecule has 124 valence electrons. The van der Waals surface area contributed by atoms with Gasteiger partial charge in [0.05, 0.1) is 0 Å². The summed E-state index contributed by atoms with van der Waals surface area (Å²) in [7, 11) is 0. The van der Waals surface area contributed by atoms with E-state index in [1.165, 1.54) is 0 Å². The number of H-pyrrole nitrogens is 1. The molecule has 0 aliphatic rings. The Morgan fingerprint density at radius 3 is 2.46 bits per heavy atom. The van der Waals surface area contributed by atoms with Gasteiger partial charge in [-0.25, -0.2) is 4.98 Å². The first-order valence-electron chi connectivity index (χ1n) is 7.61. The van der Waals surface area contributed by atoms with Gasteiger partial charge in [-0.05, 0) is 35.7 Å². The predicted octanol–water partition coefficient (Wildman–Crippen LogP) is 6.05. The van der Waals surface area contributed by atoms with Crippen LogP contribution in [0, 0.1) is 5.92 Å². The average Bonchev–Trinajstić information content (AvgIpc) is 3.02. The number of imidazole rings is 1. The van der Waals surface area contributed by atoms with Gasteiger partial charge in [-0.15, -0.1) is 0 Å². The molecule has 2 aromatic heterocycles. The van der Waals surface area contributed by atoms with Crippen molar-refractivity contribution < 1.29 is 0 Å². The van der Waals surface area contributed by atoms with Crippen molar-refractivity contribution in [3.63, 3.8) is 0 Å². The minimum atomic E-state index is 0.144. The summed E-state index contributed by atoms with van der Waals surface area (Å²) in [5.74, 6) is 1.47. The fraction of sp³-hybridized carbons (Fsp3) is 0.222. The SMILES string of the molecule is CC(C)C(c1ncc[nH]1)c1cnccc1Sc1cc(Cl)cc(Cl)c1. The molecule has 1 N–H and O–H groups in total. The Hall–Kier alpha value is -1.49. The smallest absolute Gasteiger partial charge is 0.113 e. The Morgan fingerprint density at radius 1 is 1.08 bits per heavy atom. The molecular weight excluding hydrogens is 361 g/mol. The summed E-state index contributed by atoms with van der Waals surface area (Å²) in [6.07, 6.45) is 7.36. The van der Waals surface area contributed by atoms with Crippen molar-refractivity contribution >= 4 is 35.0 Å². The zero-order valence-corrected chi connectivity index (χ0v) is 15.7. The summed E-state index contributed by atoms with van der Waals surface area (Å²) in [6.45, 7) is 4.37. The third kappa shape index (κ3) is 3.94. The molecule has 1 atom stereocenters. The first-order valence-corrected chi connectivity index (χ1v) is 9.19. The van der Waals surface area contributed by atoms with Crippen molar-refractivity contribution in [2.24, 2.45) is 5.92 Å². The molecule has 2 heterocycles. The second-order valence-corrected chi connectivity index (χ2v) is 7.81. The van der Waals surface area contributed by atoms with E-state index in [1.807, 2.05) is 30.6 Å². The summed E-state index contributed by atoms with van der Waals surface area (Å²) < 4.78 is 0. The Morgan fingerprint density at radius 2 is 1.83 bits per heavy atom. The van der Waals surface area contributed by atoms with E-state index >= 15 is 0 Å². The molecule has 24 heavy (non-hydrogen) atoms. The molecule has 0 amide bonds. The number of hydrogen-bond acceptors (Lipinski definition) is 3. The Labute approximate surface area is 155 Å². The highest BCUT2D eigenvalue weighted by Gasteiger charge is 2.24. The van der Waals surface area contributed by atoms with E-state index in [0.717, 1.165) is 21.2 Å². The van der Waals surface area contributed by atoms with Gasteiger partial charge in [0, 0.05) is 50.5 Å². The van der Waals surface area contributed by atoms with E-state index in [1.54, 1.807) is 30.2 Å². The third-order valence-electron chi connectivity index (χ3n) is 3.69. The number of hydrogen-bond donors (Lipinski definition) is 1. The lowest BCUT2D eigenvalue weighted by molar-refractivity contribution is 0.535. The van der Waals surface area contributed by atoms with Crippen LogP contribution in [0.25, 0.3) is 0 Å². The Balaban J connectivity index is 2.01. The van der Waals surface area contributed by atoms with Gasteiger partial charge in [-0.3, -0.25) is 4.98 Å². The number of benzene rings is 1. The van der Waals surface area contributed by atoms with Crippen molar-refractivity contribution in [2.45, 2.75) is 29.6 Å². The van der Waals surface area contributed by atoms with Gasteiger partial charge in [0.25, 0.3) is 0 Å². The van der Waals surface area contributed by atoms with E-state index in [4.69, 9.17) is 23.2 Å². The molecule has 0 aliphatic carbocycles. The maximum absolute atomic E-state index is 6.13. The quantitative estimate of drug-likeness (QED) is 0.588. The standard InChI is InChI=1S/C18H17Cl2N3S/c1-11(2)17(18-22-5-6-23-18)15-10-21-4-3-16(15)24-14-8-12(19)7-13(20)9-14/h3-11,17H,1-2H3,(H,22,23). The first kappa shape index (κ1) is 17.3. The highest BCUT2D eigenvalue weighted by molar-refractivity contribution is 7.99. The maximum atomic E-state index is 6.13. The molecule has 3 aromatic rings. The van der Waals surface area contributed by atoms with Crippen LogP contribution in [-0.2, 0) is 0 Å². The monoisotopic (exact) mass is 377 g/mol. The zero-order valence-electron chi connectivity index (χ0n) is 13.3. The van der Waals surface area contributed by atoms with Crippen molar-refractivity contribution in [3.8, 4) is 0 Å². The molecule has 0 saturated carbocycles. The lowest BCUT2D eigenvalue weighted by atomic mass is 9.89. The predicted molar refractivity (Wildman–Crippen MR) is 100 cm³/mol. The number of aromatic nitrogens is 3. The van der Waals surface area contributed by atoms with Crippen LogP contribution in [0.15, 0.2) is 58.8 Å². The van der Waals surface area contributed by atoms with Crippen LogP contribution >= 0.6 is 35.0 Å². The van der Waals surface area contributed by atoms with Crippen molar-refractivity contribution in [2.75, 3.05) is 0 Å². The van der Waals surface area contributed by atoms with Crippen LogP contribution in [0.4, 0.5) is 0 Å². The fourth-order valence-electron chi connectivity index (χ4n) is 2.70. The Kier molecular flexibility index (Phi) is 5.49. The highest BCUT2D eigenvalue weighted by atomic mass is 35.5. The topological polar surface area (TPSA) is 41.6 Å². The number of aromatic amines is 1. The minimum absolute atomic E-state index is 0.144. The van der Waals surface area contributed by atoms with Crippen LogP contribution in [0.3, 0.4) is 0 Å². The van der Waals surface area contributed by atoms with Gasteiger partial charge in [-0.2, -0.15) is 0 Å². The van der Waals surface area contributed by atoms with Crippen LogP contribution in [0.5, 0.6) is 0 Å². The van der Waals surface area contributed by atoms with Gasteiger partial charge in [0.2, 0.25) is 0 Å². The summed E-state index contributed by atoms with van der Waals surface area (Å²) in [6, 6.07) is 7.59. The number of halogens is 2. The van der Waals surface area contributed by atoms with Crippen molar-refractivity contribution in [3.05, 3.63) is 70.5 Å². The summed E-state index contributed by atoms with van der Waals surface area (Å²) in [4.78, 5) is 14.1. The van der Waals surface area contributed by atoms with E-state index in [9.17, 15) is 0 Å². The fourth-order valence-corrected chi connectivity index (χ4v) is 4.41. The second kappa shape index (κ2) is 7.60. The van der Waals surface area contributed by atoms with E-state index in [2.05, 4.69) is 28.8 Å². The van der Waals surface area contributed by atoms with Gasteiger partial charge >= 0.3 is 0 Å². The molecule has 3 nitrogen and oxygen atoms in total. The number of nitrogens with zero attached hydrogens (tertiary/aromatic N) is 2. The normalized spacial score (nSPS) is 12.5. The molecular formula is C18H17Cl2N3S. The van der Waals surface area contributed by atoms with Crippen LogP contribution in [-0.4, -0.2) is 15.0 Å². The highest BCUT2D eigenvalue weighted by Crippen LogP contribution is 2.39. The van der Waals surface area contributed by atoms with Crippen LogP contribution in [0.2, 0.25) is 10.0 Å². The number of pyridine rings is 1. The van der Waals surface area contributed by atoms with Gasteiger partial charge in [0.15, 0.2) is 0 Å². The molecule has 0 bridgehead atoms. The molecule has 3 rings (SSSR count). The molecule has 0 spiro atoms. The van der Waals surface area contributed by atoms with E-state index in [-0.39, 0.29) is 5.92 Å². The first-order chi connectivity index (χ1) is 11.5. The summed E-state index contributed by atoms with van der Waals surface area (Å²) >= 11 is 13.9. The lowest BCUT2D eigenvalue weighted by Crippen LogP contribution is -2.12. The maximum Gasteiger partial charge on any atom is 0.113 e. The van der Waals surface area contributed by atoms with Gasteiger partial charge in [0.1, 0.15) is 5.82 Å². The average molecular weight is 378 g/mol. The third-order valence-corrected chi connectivity index (χ3v) is 5.19.